The van der Waals surface area contributed by atoms with Crippen molar-refractivity contribution in [2.45, 2.75) is 17.9 Å². The Morgan fingerprint density at radius 3 is 2.44 bits per heavy atom. The quantitative estimate of drug-likeness (QED) is 0.655. The van der Waals surface area contributed by atoms with Crippen LogP contribution in [0.15, 0.2) is 29.2 Å². The molecule has 0 amide bonds. The molecule has 1 rings (SSSR count). The van der Waals surface area contributed by atoms with Crippen LogP contribution >= 0.6 is 11.6 Å². The molecule has 1 atom stereocenters. The molecule has 0 spiro atoms. The molecule has 102 valence electrons. The Morgan fingerprint density at radius 2 is 1.94 bits per heavy atom. The SMILES string of the molecule is CCNS(=O)(=O)c1ccc(NCC(O)CCl)cc1. The van der Waals surface area contributed by atoms with Gasteiger partial charge in [0.1, 0.15) is 0 Å². The van der Waals surface area contributed by atoms with Crippen LogP contribution in [-0.4, -0.2) is 38.6 Å². The normalized spacial score (nSPS) is 13.3. The maximum atomic E-state index is 11.7. The molecule has 5 nitrogen and oxygen atoms in total. The third-order valence-electron chi connectivity index (χ3n) is 2.22. The second kappa shape index (κ2) is 6.94. The van der Waals surface area contributed by atoms with Crippen molar-refractivity contribution in [1.29, 1.82) is 0 Å². The first-order valence-corrected chi connectivity index (χ1v) is 7.59. The molecule has 1 unspecified atom stereocenters. The summed E-state index contributed by atoms with van der Waals surface area (Å²) in [6, 6.07) is 6.30. The highest BCUT2D eigenvalue weighted by molar-refractivity contribution is 7.89. The Morgan fingerprint density at radius 1 is 1.33 bits per heavy atom. The van der Waals surface area contributed by atoms with Crippen LogP contribution in [0.5, 0.6) is 0 Å². The largest absolute Gasteiger partial charge is 0.390 e. The number of rotatable bonds is 7. The van der Waals surface area contributed by atoms with Gasteiger partial charge < -0.3 is 10.4 Å². The van der Waals surface area contributed by atoms with Crippen molar-refractivity contribution in [3.8, 4) is 0 Å². The zero-order chi connectivity index (χ0) is 13.6. The maximum Gasteiger partial charge on any atom is 0.240 e. The molecule has 0 saturated carbocycles. The van der Waals surface area contributed by atoms with Crippen molar-refractivity contribution in [3.05, 3.63) is 24.3 Å². The van der Waals surface area contributed by atoms with E-state index in [1.165, 1.54) is 12.1 Å². The molecule has 18 heavy (non-hydrogen) atoms. The number of sulfonamides is 1. The second-order valence-corrected chi connectivity index (χ2v) is 5.79. The van der Waals surface area contributed by atoms with Gasteiger partial charge in [-0.15, -0.1) is 11.6 Å². The Kier molecular flexibility index (Phi) is 5.87. The predicted molar refractivity (Wildman–Crippen MR) is 72.5 cm³/mol. The summed E-state index contributed by atoms with van der Waals surface area (Å²) in [5.74, 6) is 0.153. The van der Waals surface area contributed by atoms with Gasteiger partial charge in [0, 0.05) is 18.8 Å². The van der Waals surface area contributed by atoms with Crippen LogP contribution in [0.4, 0.5) is 5.69 Å². The first kappa shape index (κ1) is 15.2. The maximum absolute atomic E-state index is 11.7. The summed E-state index contributed by atoms with van der Waals surface area (Å²) < 4.78 is 25.7. The molecule has 3 N–H and O–H groups in total. The Balaban J connectivity index is 2.68. The standard InChI is InChI=1S/C11H17ClN2O3S/c1-2-14-18(16,17)11-5-3-9(4-6-11)13-8-10(15)7-12/h3-6,10,13-15H,2,7-8H2,1H3. The Labute approximate surface area is 112 Å². The first-order valence-electron chi connectivity index (χ1n) is 5.57. The van der Waals surface area contributed by atoms with Crippen LogP contribution in [-0.2, 0) is 10.0 Å². The van der Waals surface area contributed by atoms with E-state index in [2.05, 4.69) is 10.0 Å². The minimum Gasteiger partial charge on any atom is -0.390 e. The number of alkyl halides is 1. The van der Waals surface area contributed by atoms with Gasteiger partial charge in [-0.05, 0) is 24.3 Å². The van der Waals surface area contributed by atoms with Gasteiger partial charge in [0.25, 0.3) is 0 Å². The van der Waals surface area contributed by atoms with Crippen LogP contribution in [0.1, 0.15) is 6.92 Å². The average Bonchev–Trinajstić information content (AvgIpc) is 2.36. The molecular weight excluding hydrogens is 276 g/mol. The fourth-order valence-corrected chi connectivity index (χ4v) is 2.47. The van der Waals surface area contributed by atoms with E-state index in [-0.39, 0.29) is 10.8 Å². The average molecular weight is 293 g/mol. The third kappa shape index (κ3) is 4.45. The van der Waals surface area contributed by atoms with Gasteiger partial charge in [-0.25, -0.2) is 13.1 Å². The van der Waals surface area contributed by atoms with Crippen molar-refractivity contribution in [2.24, 2.45) is 0 Å². The first-order chi connectivity index (χ1) is 8.49. The van der Waals surface area contributed by atoms with Crippen LogP contribution in [0.3, 0.4) is 0 Å². The minimum absolute atomic E-state index is 0.153. The molecule has 0 radical (unpaired) electrons. The molecule has 0 aromatic heterocycles. The summed E-state index contributed by atoms with van der Waals surface area (Å²) in [5, 5.41) is 12.2. The Hall–Kier alpha value is -0.820. The number of hydrogen-bond donors (Lipinski definition) is 3. The number of aliphatic hydroxyl groups is 1. The number of aliphatic hydroxyl groups excluding tert-OH is 1. The number of hydrogen-bond acceptors (Lipinski definition) is 4. The summed E-state index contributed by atoms with van der Waals surface area (Å²) in [7, 11) is -3.41. The zero-order valence-electron chi connectivity index (χ0n) is 10.1. The van der Waals surface area contributed by atoms with Gasteiger partial charge in [-0.2, -0.15) is 0 Å². The van der Waals surface area contributed by atoms with E-state index in [9.17, 15) is 13.5 Å². The van der Waals surface area contributed by atoms with E-state index < -0.39 is 16.1 Å². The summed E-state index contributed by atoms with van der Waals surface area (Å²) in [6.07, 6.45) is -0.628. The molecule has 1 aromatic rings. The van der Waals surface area contributed by atoms with E-state index in [0.29, 0.717) is 13.1 Å². The lowest BCUT2D eigenvalue weighted by molar-refractivity contribution is 0.211. The highest BCUT2D eigenvalue weighted by Crippen LogP contribution is 2.13. The highest BCUT2D eigenvalue weighted by atomic mass is 35.5. The molecule has 7 heteroatoms. The van der Waals surface area contributed by atoms with Crippen LogP contribution in [0, 0.1) is 0 Å². The topological polar surface area (TPSA) is 78.4 Å². The Bertz CT molecular complexity index is 462. The van der Waals surface area contributed by atoms with Crippen molar-refractivity contribution in [2.75, 3.05) is 24.3 Å². The summed E-state index contributed by atoms with van der Waals surface area (Å²) >= 11 is 5.46. The smallest absolute Gasteiger partial charge is 0.240 e. The van der Waals surface area contributed by atoms with E-state index in [1.54, 1.807) is 19.1 Å². The van der Waals surface area contributed by atoms with Gasteiger partial charge >= 0.3 is 0 Å². The van der Waals surface area contributed by atoms with E-state index >= 15 is 0 Å². The van der Waals surface area contributed by atoms with Gasteiger partial charge in [0.15, 0.2) is 0 Å². The monoisotopic (exact) mass is 292 g/mol. The fourth-order valence-electron chi connectivity index (χ4n) is 1.32. The minimum atomic E-state index is -3.41. The lowest BCUT2D eigenvalue weighted by atomic mass is 10.3. The number of halogens is 1. The van der Waals surface area contributed by atoms with Crippen molar-refractivity contribution in [1.82, 2.24) is 4.72 Å². The van der Waals surface area contributed by atoms with E-state index in [1.807, 2.05) is 0 Å². The van der Waals surface area contributed by atoms with Gasteiger partial charge in [-0.1, -0.05) is 6.92 Å². The summed E-state index contributed by atoms with van der Waals surface area (Å²) in [6.45, 7) is 2.40. The molecule has 1 aromatic carbocycles. The van der Waals surface area contributed by atoms with Gasteiger partial charge in [0.2, 0.25) is 10.0 Å². The highest BCUT2D eigenvalue weighted by Gasteiger charge is 2.11. The lowest BCUT2D eigenvalue weighted by Crippen LogP contribution is -2.23. The summed E-state index contributed by atoms with van der Waals surface area (Å²) in [4.78, 5) is 0.216. The zero-order valence-corrected chi connectivity index (χ0v) is 11.6. The third-order valence-corrected chi connectivity index (χ3v) is 4.14. The molecular formula is C11H17ClN2O3S. The molecule has 0 aliphatic rings. The van der Waals surface area contributed by atoms with Crippen molar-refractivity contribution >= 4 is 27.3 Å². The van der Waals surface area contributed by atoms with Crippen molar-refractivity contribution in [3.63, 3.8) is 0 Å². The summed E-state index contributed by atoms with van der Waals surface area (Å²) in [5.41, 5.74) is 0.731. The lowest BCUT2D eigenvalue weighted by Gasteiger charge is -2.10. The van der Waals surface area contributed by atoms with Crippen LogP contribution in [0.25, 0.3) is 0 Å². The van der Waals surface area contributed by atoms with Crippen LogP contribution < -0.4 is 10.0 Å². The molecule has 0 saturated heterocycles. The molecule has 0 aliphatic heterocycles. The fraction of sp³-hybridized carbons (Fsp3) is 0.455. The number of nitrogens with one attached hydrogen (secondary N) is 2. The predicted octanol–water partition coefficient (Wildman–Crippen LogP) is 0.996. The molecule has 0 bridgehead atoms. The van der Waals surface area contributed by atoms with Crippen molar-refractivity contribution < 1.29 is 13.5 Å². The molecule has 0 fully saturated rings. The number of anilines is 1. The van der Waals surface area contributed by atoms with E-state index in [4.69, 9.17) is 11.6 Å². The molecule has 0 aliphatic carbocycles. The van der Waals surface area contributed by atoms with Gasteiger partial charge in [0.05, 0.1) is 16.9 Å². The molecule has 0 heterocycles. The van der Waals surface area contributed by atoms with Crippen LogP contribution in [0.2, 0.25) is 0 Å². The number of benzene rings is 1. The van der Waals surface area contributed by atoms with E-state index in [0.717, 1.165) is 5.69 Å². The second-order valence-electron chi connectivity index (χ2n) is 3.71. The van der Waals surface area contributed by atoms with Gasteiger partial charge in [-0.3, -0.25) is 0 Å².